The van der Waals surface area contributed by atoms with E-state index in [0.717, 1.165) is 35.0 Å². The second-order valence-electron chi connectivity index (χ2n) is 8.36. The summed E-state index contributed by atoms with van der Waals surface area (Å²) < 4.78 is 1.58. The summed E-state index contributed by atoms with van der Waals surface area (Å²) in [6.45, 7) is 4.80. The zero-order valence-electron chi connectivity index (χ0n) is 18.5. The number of carbonyl (C=O) groups is 1. The van der Waals surface area contributed by atoms with Crippen molar-refractivity contribution in [1.29, 1.82) is 0 Å². The van der Waals surface area contributed by atoms with Gasteiger partial charge in [-0.3, -0.25) is 9.59 Å². The number of nitrogens with zero attached hydrogens (tertiary/aromatic N) is 2. The van der Waals surface area contributed by atoms with Gasteiger partial charge in [0.2, 0.25) is 0 Å². The number of hydrogen-bond donors (Lipinski definition) is 1. The Morgan fingerprint density at radius 2 is 2.03 bits per heavy atom. The van der Waals surface area contributed by atoms with Crippen LogP contribution in [0.25, 0.3) is 10.8 Å². The fraction of sp³-hybridized carbons (Fsp3) is 0.308. The highest BCUT2D eigenvalue weighted by Crippen LogP contribution is 2.39. The second kappa shape index (κ2) is 8.72. The maximum atomic E-state index is 12.7. The molecule has 1 aromatic heterocycles. The lowest BCUT2D eigenvalue weighted by atomic mass is 9.79. The topological polar surface area (TPSA) is 54.3 Å². The first kappa shape index (κ1) is 22.0. The summed E-state index contributed by atoms with van der Waals surface area (Å²) in [5.74, 6) is 5.21. The summed E-state index contributed by atoms with van der Waals surface area (Å²) >= 11 is 6.49. The normalized spacial score (nSPS) is 18.2. The first-order valence-electron chi connectivity index (χ1n) is 10.7. The van der Waals surface area contributed by atoms with Crippen LogP contribution in [0, 0.1) is 18.8 Å². The molecule has 0 unspecified atom stereocenters. The third-order valence-corrected chi connectivity index (χ3v) is 6.67. The molecule has 5 nitrogen and oxygen atoms in total. The molecule has 0 aliphatic carbocycles. The molecule has 0 radical (unpaired) electrons. The summed E-state index contributed by atoms with van der Waals surface area (Å²) in [6, 6.07) is 13.6. The molecule has 1 amide bonds. The number of benzene rings is 2. The molecule has 2 aromatic carbocycles. The zero-order chi connectivity index (χ0) is 22.9. The number of hydrogen-bond acceptors (Lipinski definition) is 3. The Morgan fingerprint density at radius 1 is 1.22 bits per heavy atom. The number of likely N-dealkylation sites (tertiary alicyclic amines) is 1. The summed E-state index contributed by atoms with van der Waals surface area (Å²) in [4.78, 5) is 27.1. The minimum Gasteiger partial charge on any atom is -0.374 e. The maximum absolute atomic E-state index is 12.7. The van der Waals surface area contributed by atoms with E-state index in [9.17, 15) is 9.59 Å². The van der Waals surface area contributed by atoms with Crippen LogP contribution < -0.4 is 10.9 Å². The molecule has 0 saturated carbocycles. The second-order valence-corrected chi connectivity index (χ2v) is 8.77. The lowest BCUT2D eigenvalue weighted by Gasteiger charge is -2.44. The van der Waals surface area contributed by atoms with Crippen molar-refractivity contribution in [2.45, 2.75) is 32.2 Å². The highest BCUT2D eigenvalue weighted by atomic mass is 35.5. The minimum absolute atomic E-state index is 0.0437. The average molecular weight is 448 g/mol. The Hall–Kier alpha value is -3.23. The number of fused-ring (bicyclic) bond motifs is 1. The number of rotatable bonds is 3. The summed E-state index contributed by atoms with van der Waals surface area (Å²) in [5, 5.41) is 5.93. The first-order valence-corrected chi connectivity index (χ1v) is 11.1. The van der Waals surface area contributed by atoms with Gasteiger partial charge in [0, 0.05) is 42.4 Å². The molecule has 1 aliphatic rings. The molecule has 6 heteroatoms. The molecule has 1 saturated heterocycles. The third kappa shape index (κ3) is 3.99. The summed E-state index contributed by atoms with van der Waals surface area (Å²) in [7, 11) is 1.75. The zero-order valence-corrected chi connectivity index (χ0v) is 19.3. The Kier molecular flexibility index (Phi) is 5.99. The van der Waals surface area contributed by atoms with Crippen LogP contribution >= 0.6 is 11.6 Å². The van der Waals surface area contributed by atoms with E-state index in [1.54, 1.807) is 29.6 Å². The van der Waals surface area contributed by atoms with E-state index in [2.05, 4.69) is 23.2 Å². The van der Waals surface area contributed by atoms with Crippen LogP contribution in [-0.2, 0) is 17.4 Å². The van der Waals surface area contributed by atoms with E-state index in [-0.39, 0.29) is 11.5 Å². The van der Waals surface area contributed by atoms with Crippen molar-refractivity contribution >= 4 is 34.0 Å². The van der Waals surface area contributed by atoms with Gasteiger partial charge in [0.05, 0.1) is 5.54 Å². The lowest BCUT2D eigenvalue weighted by molar-refractivity contribution is -0.127. The molecule has 1 N–H and O–H groups in total. The van der Waals surface area contributed by atoms with Gasteiger partial charge in [-0.1, -0.05) is 35.7 Å². The molecular weight excluding hydrogens is 422 g/mol. The standard InChI is InChI=1S/C26H26ClN3O2/c1-4-7-24(31)30-14-6-13-26(17-30,22-8-5-9-23(27)18(22)2)28-20-11-10-19-12-15-29(3)25(32)21(19)16-20/h5,8-12,15-16,28H,6,13-14,17H2,1-3H3/t26-/m0/s1. The number of carbonyl (C=O) groups excluding carboxylic acids is 1. The van der Waals surface area contributed by atoms with Crippen molar-refractivity contribution < 1.29 is 4.79 Å². The molecule has 2 heterocycles. The number of amides is 1. The van der Waals surface area contributed by atoms with Gasteiger partial charge in [-0.2, -0.15) is 0 Å². The van der Waals surface area contributed by atoms with Crippen LogP contribution in [0.2, 0.25) is 5.02 Å². The number of anilines is 1. The highest BCUT2D eigenvalue weighted by Gasteiger charge is 2.39. The number of aryl methyl sites for hydroxylation is 1. The van der Waals surface area contributed by atoms with E-state index in [4.69, 9.17) is 11.6 Å². The highest BCUT2D eigenvalue weighted by molar-refractivity contribution is 6.31. The molecule has 164 valence electrons. The quantitative estimate of drug-likeness (QED) is 0.603. The maximum Gasteiger partial charge on any atom is 0.298 e. The Labute approximate surface area is 193 Å². The van der Waals surface area contributed by atoms with Crippen molar-refractivity contribution in [1.82, 2.24) is 9.47 Å². The fourth-order valence-corrected chi connectivity index (χ4v) is 4.80. The van der Waals surface area contributed by atoms with Gasteiger partial charge < -0.3 is 14.8 Å². The van der Waals surface area contributed by atoms with Crippen LogP contribution in [0.15, 0.2) is 53.5 Å². The van der Waals surface area contributed by atoms with Crippen LogP contribution in [-0.4, -0.2) is 28.5 Å². The van der Waals surface area contributed by atoms with Gasteiger partial charge in [-0.25, -0.2) is 0 Å². The molecule has 4 rings (SSSR count). The Morgan fingerprint density at radius 3 is 2.81 bits per heavy atom. The third-order valence-electron chi connectivity index (χ3n) is 6.26. The van der Waals surface area contributed by atoms with Crippen molar-refractivity contribution in [2.24, 2.45) is 7.05 Å². The van der Waals surface area contributed by atoms with Crippen LogP contribution in [0.5, 0.6) is 0 Å². The lowest BCUT2D eigenvalue weighted by Crippen LogP contribution is -2.52. The first-order chi connectivity index (χ1) is 15.3. The summed E-state index contributed by atoms with van der Waals surface area (Å²) in [6.07, 6.45) is 3.42. The SMILES string of the molecule is CC#CC(=O)N1CCC[C@@](Nc2ccc3ccn(C)c(=O)c3c2)(c2cccc(Cl)c2C)C1. The summed E-state index contributed by atoms with van der Waals surface area (Å²) in [5.41, 5.74) is 2.27. The van der Waals surface area contributed by atoms with E-state index in [1.165, 1.54) is 0 Å². The minimum atomic E-state index is -0.550. The molecule has 1 fully saturated rings. The molecule has 1 atom stereocenters. The van der Waals surface area contributed by atoms with Crippen LogP contribution in [0.3, 0.4) is 0 Å². The van der Waals surface area contributed by atoms with Gasteiger partial charge >= 0.3 is 0 Å². The van der Waals surface area contributed by atoms with Crippen molar-refractivity contribution in [3.05, 3.63) is 75.2 Å². The van der Waals surface area contributed by atoms with Crippen LogP contribution in [0.4, 0.5) is 5.69 Å². The Balaban J connectivity index is 1.83. The fourth-order valence-electron chi connectivity index (χ4n) is 4.62. The Bertz CT molecular complexity index is 1320. The molecule has 32 heavy (non-hydrogen) atoms. The van der Waals surface area contributed by atoms with E-state index in [1.807, 2.05) is 43.3 Å². The van der Waals surface area contributed by atoms with Gasteiger partial charge in [0.1, 0.15) is 0 Å². The van der Waals surface area contributed by atoms with E-state index < -0.39 is 5.54 Å². The van der Waals surface area contributed by atoms with Crippen molar-refractivity contribution in [2.75, 3.05) is 18.4 Å². The average Bonchev–Trinajstić information content (AvgIpc) is 2.79. The van der Waals surface area contributed by atoms with E-state index in [0.29, 0.717) is 23.5 Å². The van der Waals surface area contributed by atoms with Crippen molar-refractivity contribution in [3.63, 3.8) is 0 Å². The van der Waals surface area contributed by atoms with Gasteiger partial charge in [-0.05, 0) is 73.4 Å². The molecule has 3 aromatic rings. The number of piperidine rings is 1. The molecule has 1 aliphatic heterocycles. The number of pyridine rings is 1. The van der Waals surface area contributed by atoms with Gasteiger partial charge in [0.15, 0.2) is 0 Å². The van der Waals surface area contributed by atoms with E-state index >= 15 is 0 Å². The smallest absolute Gasteiger partial charge is 0.298 e. The number of nitrogens with one attached hydrogen (secondary N) is 1. The van der Waals surface area contributed by atoms with Gasteiger partial charge in [-0.15, -0.1) is 0 Å². The van der Waals surface area contributed by atoms with Crippen LogP contribution in [0.1, 0.15) is 30.9 Å². The number of aromatic nitrogens is 1. The predicted octanol–water partition coefficient (Wildman–Crippen LogP) is 4.45. The monoisotopic (exact) mass is 447 g/mol. The predicted molar refractivity (Wildman–Crippen MR) is 130 cm³/mol. The molecule has 0 spiro atoms. The molecular formula is C26H26ClN3O2. The molecule has 0 bridgehead atoms. The van der Waals surface area contributed by atoms with Gasteiger partial charge in [0.25, 0.3) is 11.5 Å². The number of halogens is 1. The largest absolute Gasteiger partial charge is 0.374 e. The van der Waals surface area contributed by atoms with Crippen molar-refractivity contribution in [3.8, 4) is 11.8 Å².